The third-order valence-corrected chi connectivity index (χ3v) is 3.99. The van der Waals surface area contributed by atoms with Crippen molar-refractivity contribution in [1.29, 1.82) is 0 Å². The van der Waals surface area contributed by atoms with Gasteiger partial charge in [0.15, 0.2) is 0 Å². The fourth-order valence-electron chi connectivity index (χ4n) is 2.94. The average molecular weight is 226 g/mol. The predicted octanol–water partition coefficient (Wildman–Crippen LogP) is 3.02. The molecule has 1 saturated carbocycles. The number of nitrogens with two attached hydrogens (primary N) is 1. The summed E-state index contributed by atoms with van der Waals surface area (Å²) in [5.74, 6) is 0.772. The van der Waals surface area contributed by atoms with Crippen LogP contribution in [0.5, 0.6) is 0 Å². The van der Waals surface area contributed by atoms with Crippen LogP contribution in [0.1, 0.15) is 58.8 Å². The molecule has 0 bridgehead atoms. The lowest BCUT2D eigenvalue weighted by molar-refractivity contribution is 0.157. The van der Waals surface area contributed by atoms with Crippen molar-refractivity contribution in [2.24, 2.45) is 11.7 Å². The molecule has 0 radical (unpaired) electrons. The first-order chi connectivity index (χ1) is 7.83. The molecule has 1 aliphatic rings. The molecule has 0 amide bonds. The molecule has 16 heavy (non-hydrogen) atoms. The van der Waals surface area contributed by atoms with Crippen LogP contribution in [0.2, 0.25) is 0 Å². The molecule has 2 N–H and O–H groups in total. The van der Waals surface area contributed by atoms with Gasteiger partial charge in [-0.15, -0.1) is 0 Å². The number of rotatable bonds is 8. The topological polar surface area (TPSA) is 29.3 Å². The molecule has 1 aliphatic carbocycles. The van der Waals surface area contributed by atoms with Crippen LogP contribution in [0.3, 0.4) is 0 Å². The highest BCUT2D eigenvalue weighted by atomic mass is 15.2. The highest BCUT2D eigenvalue weighted by Gasteiger charge is 2.30. The van der Waals surface area contributed by atoms with E-state index in [9.17, 15) is 0 Å². The summed E-state index contributed by atoms with van der Waals surface area (Å²) < 4.78 is 0. The fourth-order valence-corrected chi connectivity index (χ4v) is 2.94. The van der Waals surface area contributed by atoms with E-state index in [2.05, 4.69) is 18.7 Å². The van der Waals surface area contributed by atoms with Gasteiger partial charge in [-0.3, -0.25) is 0 Å². The molecule has 2 heteroatoms. The summed E-state index contributed by atoms with van der Waals surface area (Å²) in [6.07, 6.45) is 9.44. The Bertz CT molecular complexity index is 162. The molecule has 0 aromatic rings. The van der Waals surface area contributed by atoms with E-state index in [-0.39, 0.29) is 0 Å². The third kappa shape index (κ3) is 4.06. The fraction of sp³-hybridized carbons (Fsp3) is 1.00. The average Bonchev–Trinajstić information content (AvgIpc) is 2.77. The van der Waals surface area contributed by atoms with Crippen LogP contribution in [0.15, 0.2) is 0 Å². The first-order valence-electron chi connectivity index (χ1n) is 7.27. The molecule has 96 valence electrons. The number of nitrogens with zero attached hydrogens (tertiary/aromatic N) is 1. The standard InChI is InChI=1S/C14H30N2/c1-3-5-10-16(11-6-4-2)14-9-7-8-13(14)12-15/h13-14H,3-12,15H2,1-2H3. The maximum atomic E-state index is 5.89. The van der Waals surface area contributed by atoms with E-state index in [0.29, 0.717) is 0 Å². The smallest absolute Gasteiger partial charge is 0.0135 e. The molecule has 1 rings (SSSR count). The Morgan fingerprint density at radius 1 is 1.06 bits per heavy atom. The molecular formula is C14H30N2. The van der Waals surface area contributed by atoms with E-state index in [0.717, 1.165) is 18.5 Å². The van der Waals surface area contributed by atoms with Gasteiger partial charge >= 0.3 is 0 Å². The monoisotopic (exact) mass is 226 g/mol. The summed E-state index contributed by atoms with van der Waals surface area (Å²) in [5, 5.41) is 0. The van der Waals surface area contributed by atoms with Gasteiger partial charge in [-0.2, -0.15) is 0 Å². The maximum absolute atomic E-state index is 5.89. The Morgan fingerprint density at radius 3 is 2.19 bits per heavy atom. The van der Waals surface area contributed by atoms with E-state index >= 15 is 0 Å². The first-order valence-corrected chi connectivity index (χ1v) is 7.27. The normalized spacial score (nSPS) is 25.5. The molecule has 2 atom stereocenters. The molecule has 0 aromatic carbocycles. The molecule has 0 aromatic heterocycles. The van der Waals surface area contributed by atoms with Crippen molar-refractivity contribution in [3.05, 3.63) is 0 Å². The molecule has 0 aliphatic heterocycles. The molecule has 2 unspecified atom stereocenters. The van der Waals surface area contributed by atoms with Crippen LogP contribution >= 0.6 is 0 Å². The Kier molecular flexibility index (Phi) is 7.06. The molecule has 1 fully saturated rings. The highest BCUT2D eigenvalue weighted by molar-refractivity contribution is 4.85. The molecule has 0 spiro atoms. The minimum Gasteiger partial charge on any atom is -0.330 e. The zero-order chi connectivity index (χ0) is 11.8. The molecule has 2 nitrogen and oxygen atoms in total. The minimum absolute atomic E-state index is 0.772. The summed E-state index contributed by atoms with van der Waals surface area (Å²) in [5.41, 5.74) is 5.89. The van der Waals surface area contributed by atoms with E-state index in [4.69, 9.17) is 5.73 Å². The summed E-state index contributed by atoms with van der Waals surface area (Å²) in [7, 11) is 0. The van der Waals surface area contributed by atoms with Crippen molar-refractivity contribution in [3.63, 3.8) is 0 Å². The molecular weight excluding hydrogens is 196 g/mol. The predicted molar refractivity (Wildman–Crippen MR) is 71.6 cm³/mol. The van der Waals surface area contributed by atoms with Gasteiger partial charge in [0.25, 0.3) is 0 Å². The number of hydrogen-bond acceptors (Lipinski definition) is 2. The Hall–Kier alpha value is -0.0800. The van der Waals surface area contributed by atoms with Crippen molar-refractivity contribution in [3.8, 4) is 0 Å². The van der Waals surface area contributed by atoms with Crippen molar-refractivity contribution < 1.29 is 0 Å². The Morgan fingerprint density at radius 2 is 1.69 bits per heavy atom. The third-order valence-electron chi connectivity index (χ3n) is 3.99. The molecule has 0 saturated heterocycles. The van der Waals surface area contributed by atoms with Gasteiger partial charge in [0.05, 0.1) is 0 Å². The quantitative estimate of drug-likeness (QED) is 0.689. The van der Waals surface area contributed by atoms with Crippen LogP contribution < -0.4 is 5.73 Å². The SMILES string of the molecule is CCCCN(CCCC)C1CCCC1CN. The summed E-state index contributed by atoms with van der Waals surface area (Å²) in [6, 6.07) is 0.795. The lowest BCUT2D eigenvalue weighted by Gasteiger charge is -2.32. The lowest BCUT2D eigenvalue weighted by Crippen LogP contribution is -2.41. The van der Waals surface area contributed by atoms with Gasteiger partial charge in [-0.05, 0) is 51.2 Å². The van der Waals surface area contributed by atoms with Gasteiger partial charge in [0.1, 0.15) is 0 Å². The van der Waals surface area contributed by atoms with Gasteiger partial charge in [-0.25, -0.2) is 0 Å². The summed E-state index contributed by atoms with van der Waals surface area (Å²) >= 11 is 0. The Labute approximate surface area is 102 Å². The van der Waals surface area contributed by atoms with Gasteiger partial charge in [0, 0.05) is 6.04 Å². The maximum Gasteiger partial charge on any atom is 0.0135 e. The zero-order valence-electron chi connectivity index (χ0n) is 11.3. The zero-order valence-corrected chi connectivity index (χ0v) is 11.3. The summed E-state index contributed by atoms with van der Waals surface area (Å²) in [6.45, 7) is 8.04. The summed E-state index contributed by atoms with van der Waals surface area (Å²) in [4.78, 5) is 2.73. The lowest BCUT2D eigenvalue weighted by atomic mass is 10.0. The van der Waals surface area contributed by atoms with E-state index in [1.54, 1.807) is 0 Å². The second-order valence-corrected chi connectivity index (χ2v) is 5.24. The van der Waals surface area contributed by atoms with Crippen molar-refractivity contribution in [1.82, 2.24) is 4.90 Å². The van der Waals surface area contributed by atoms with E-state index < -0.39 is 0 Å². The second-order valence-electron chi connectivity index (χ2n) is 5.24. The number of unbranched alkanes of at least 4 members (excludes halogenated alkanes) is 2. The van der Waals surface area contributed by atoms with Gasteiger partial charge < -0.3 is 10.6 Å². The van der Waals surface area contributed by atoms with E-state index in [1.165, 1.54) is 58.0 Å². The molecule has 0 heterocycles. The van der Waals surface area contributed by atoms with Crippen LogP contribution in [0.25, 0.3) is 0 Å². The van der Waals surface area contributed by atoms with Gasteiger partial charge in [-0.1, -0.05) is 33.1 Å². The van der Waals surface area contributed by atoms with Crippen LogP contribution in [-0.4, -0.2) is 30.6 Å². The van der Waals surface area contributed by atoms with Crippen molar-refractivity contribution in [2.45, 2.75) is 64.8 Å². The largest absolute Gasteiger partial charge is 0.330 e. The Balaban J connectivity index is 2.45. The van der Waals surface area contributed by atoms with Crippen LogP contribution in [-0.2, 0) is 0 Å². The van der Waals surface area contributed by atoms with Crippen molar-refractivity contribution in [2.75, 3.05) is 19.6 Å². The van der Waals surface area contributed by atoms with Gasteiger partial charge in [0.2, 0.25) is 0 Å². The highest BCUT2D eigenvalue weighted by Crippen LogP contribution is 2.29. The van der Waals surface area contributed by atoms with E-state index in [1.807, 2.05) is 0 Å². The second kappa shape index (κ2) is 8.08. The number of hydrogen-bond donors (Lipinski definition) is 1. The van der Waals surface area contributed by atoms with Crippen LogP contribution in [0, 0.1) is 5.92 Å². The van der Waals surface area contributed by atoms with Crippen molar-refractivity contribution >= 4 is 0 Å². The van der Waals surface area contributed by atoms with Crippen LogP contribution in [0.4, 0.5) is 0 Å². The first kappa shape index (κ1) is 14.0. The minimum atomic E-state index is 0.772.